The number of carbonyl (C=O) groups excluding carboxylic acids is 1. The van der Waals surface area contributed by atoms with Crippen LogP contribution in [0.25, 0.3) is 0 Å². The van der Waals surface area contributed by atoms with Gasteiger partial charge in [-0.15, -0.1) is 0 Å². The van der Waals surface area contributed by atoms with Crippen molar-refractivity contribution in [2.75, 3.05) is 26.7 Å². The number of amides is 1. The van der Waals surface area contributed by atoms with Gasteiger partial charge in [0.25, 0.3) is 5.91 Å². The Hall–Kier alpha value is -1.42. The van der Waals surface area contributed by atoms with Crippen LogP contribution in [0.4, 0.5) is 4.39 Å². The third-order valence-corrected chi connectivity index (χ3v) is 3.38. The van der Waals surface area contributed by atoms with E-state index < -0.39 is 12.1 Å². The fraction of sp³-hybridized carbons (Fsp3) is 0.500. The number of benzene rings is 1. The van der Waals surface area contributed by atoms with Gasteiger partial charge in [0.05, 0.1) is 0 Å². The van der Waals surface area contributed by atoms with Gasteiger partial charge < -0.3 is 10.2 Å². The zero-order valence-corrected chi connectivity index (χ0v) is 10.6. The topological polar surface area (TPSA) is 32.3 Å². The summed E-state index contributed by atoms with van der Waals surface area (Å²) in [6, 6.07) is 8.55. The highest BCUT2D eigenvalue weighted by molar-refractivity contribution is 5.82. The Labute approximate surface area is 107 Å². The Morgan fingerprint density at radius 3 is 2.83 bits per heavy atom. The molecule has 0 radical (unpaired) electrons. The van der Waals surface area contributed by atoms with E-state index in [0.29, 0.717) is 18.0 Å². The summed E-state index contributed by atoms with van der Waals surface area (Å²) in [6.45, 7) is 2.59. The lowest BCUT2D eigenvalue weighted by Gasteiger charge is -2.13. The number of likely N-dealkylation sites (tertiary alicyclic amines) is 1. The average molecular weight is 250 g/mol. The minimum absolute atomic E-state index is 0.415. The molecule has 0 bridgehead atoms. The van der Waals surface area contributed by atoms with E-state index in [-0.39, 0.29) is 0 Å². The highest BCUT2D eigenvalue weighted by Crippen LogP contribution is 2.18. The van der Waals surface area contributed by atoms with Gasteiger partial charge in [0.15, 0.2) is 0 Å². The van der Waals surface area contributed by atoms with Gasteiger partial charge in [0.1, 0.15) is 0 Å². The molecule has 2 atom stereocenters. The lowest BCUT2D eigenvalue weighted by molar-refractivity contribution is -0.126. The molecule has 0 spiro atoms. The Kier molecular flexibility index (Phi) is 4.31. The second-order valence-corrected chi connectivity index (χ2v) is 4.94. The van der Waals surface area contributed by atoms with Gasteiger partial charge in [-0.2, -0.15) is 0 Å². The lowest BCUT2D eigenvalue weighted by Crippen LogP contribution is -2.32. The first-order valence-corrected chi connectivity index (χ1v) is 6.32. The number of nitrogens with one attached hydrogen (secondary N) is 1. The van der Waals surface area contributed by atoms with E-state index in [2.05, 4.69) is 17.3 Å². The Morgan fingerprint density at radius 1 is 1.50 bits per heavy atom. The zero-order chi connectivity index (χ0) is 13.0. The normalized spacial score (nSPS) is 21.8. The van der Waals surface area contributed by atoms with Gasteiger partial charge >= 0.3 is 0 Å². The van der Waals surface area contributed by atoms with Crippen LogP contribution in [0.1, 0.15) is 18.2 Å². The van der Waals surface area contributed by atoms with E-state index in [1.807, 2.05) is 6.07 Å². The van der Waals surface area contributed by atoms with E-state index in [0.717, 1.165) is 19.5 Å². The van der Waals surface area contributed by atoms with Crippen molar-refractivity contribution in [3.8, 4) is 0 Å². The SMILES string of the molecule is CN1CCC(CNC(=O)C(F)c2ccccc2)C1. The third kappa shape index (κ3) is 3.29. The summed E-state index contributed by atoms with van der Waals surface area (Å²) < 4.78 is 13.9. The lowest BCUT2D eigenvalue weighted by atomic mass is 10.1. The molecule has 1 aromatic rings. The van der Waals surface area contributed by atoms with Crippen LogP contribution in [0, 0.1) is 5.92 Å². The Balaban J connectivity index is 1.81. The highest BCUT2D eigenvalue weighted by atomic mass is 19.1. The minimum atomic E-state index is -1.56. The van der Waals surface area contributed by atoms with Crippen molar-refractivity contribution >= 4 is 5.91 Å². The summed E-state index contributed by atoms with van der Waals surface area (Å²) in [7, 11) is 2.06. The average Bonchev–Trinajstić information content (AvgIpc) is 2.82. The molecule has 2 rings (SSSR count). The molecule has 1 aliphatic rings. The summed E-state index contributed by atoms with van der Waals surface area (Å²) >= 11 is 0. The summed E-state index contributed by atoms with van der Waals surface area (Å²) in [5, 5.41) is 2.70. The summed E-state index contributed by atoms with van der Waals surface area (Å²) in [4.78, 5) is 13.9. The van der Waals surface area contributed by atoms with Crippen LogP contribution < -0.4 is 5.32 Å². The van der Waals surface area contributed by atoms with E-state index in [1.165, 1.54) is 0 Å². The molecule has 18 heavy (non-hydrogen) atoms. The zero-order valence-electron chi connectivity index (χ0n) is 10.6. The number of rotatable bonds is 4. The molecule has 1 aliphatic heterocycles. The second-order valence-electron chi connectivity index (χ2n) is 4.94. The number of nitrogens with zero attached hydrogens (tertiary/aromatic N) is 1. The van der Waals surface area contributed by atoms with Crippen LogP contribution in [-0.2, 0) is 4.79 Å². The molecule has 1 amide bonds. The molecule has 1 aromatic carbocycles. The molecule has 1 fully saturated rings. The first-order chi connectivity index (χ1) is 8.66. The molecule has 1 heterocycles. The molecule has 0 saturated carbocycles. The molecular formula is C14H19FN2O. The van der Waals surface area contributed by atoms with Crippen LogP contribution in [-0.4, -0.2) is 37.5 Å². The van der Waals surface area contributed by atoms with Crippen molar-refractivity contribution < 1.29 is 9.18 Å². The van der Waals surface area contributed by atoms with Gasteiger partial charge in [-0.05, 0) is 31.5 Å². The number of halogens is 1. The number of hydrogen-bond acceptors (Lipinski definition) is 2. The maximum atomic E-state index is 13.9. The van der Waals surface area contributed by atoms with Crippen molar-refractivity contribution in [1.82, 2.24) is 10.2 Å². The third-order valence-electron chi connectivity index (χ3n) is 3.38. The summed E-state index contributed by atoms with van der Waals surface area (Å²) in [5.74, 6) is -0.0855. The minimum Gasteiger partial charge on any atom is -0.353 e. The number of hydrogen-bond donors (Lipinski definition) is 1. The molecule has 98 valence electrons. The first kappa shape index (κ1) is 13.0. The standard InChI is InChI=1S/C14H19FN2O/c1-17-8-7-11(10-17)9-16-14(18)13(15)12-5-3-2-4-6-12/h2-6,11,13H,7-10H2,1H3,(H,16,18). The maximum Gasteiger partial charge on any atom is 0.259 e. The second kappa shape index (κ2) is 5.96. The number of alkyl halides is 1. The quantitative estimate of drug-likeness (QED) is 0.883. The molecule has 4 heteroatoms. The highest BCUT2D eigenvalue weighted by Gasteiger charge is 2.23. The predicted octanol–water partition coefficient (Wildman–Crippen LogP) is 1.77. The largest absolute Gasteiger partial charge is 0.353 e. The molecular weight excluding hydrogens is 231 g/mol. The molecule has 1 N–H and O–H groups in total. The monoisotopic (exact) mass is 250 g/mol. The summed E-state index contributed by atoms with van der Waals surface area (Å²) in [6.07, 6.45) is -0.496. The van der Waals surface area contributed by atoms with Crippen molar-refractivity contribution in [3.05, 3.63) is 35.9 Å². The van der Waals surface area contributed by atoms with Crippen LogP contribution in [0.15, 0.2) is 30.3 Å². The molecule has 2 unspecified atom stereocenters. The Bertz CT molecular complexity index is 396. The van der Waals surface area contributed by atoms with E-state index >= 15 is 0 Å². The molecule has 3 nitrogen and oxygen atoms in total. The van der Waals surface area contributed by atoms with Gasteiger partial charge in [0.2, 0.25) is 6.17 Å². The predicted molar refractivity (Wildman–Crippen MR) is 68.9 cm³/mol. The smallest absolute Gasteiger partial charge is 0.259 e. The number of carbonyl (C=O) groups is 1. The van der Waals surface area contributed by atoms with E-state index in [4.69, 9.17) is 0 Å². The molecule has 0 aliphatic carbocycles. The van der Waals surface area contributed by atoms with E-state index in [9.17, 15) is 9.18 Å². The van der Waals surface area contributed by atoms with Gasteiger partial charge in [-0.25, -0.2) is 4.39 Å². The maximum absolute atomic E-state index is 13.9. The summed E-state index contributed by atoms with van der Waals surface area (Å²) in [5.41, 5.74) is 0.415. The van der Waals surface area contributed by atoms with Crippen molar-refractivity contribution in [2.24, 2.45) is 5.92 Å². The molecule has 0 aromatic heterocycles. The van der Waals surface area contributed by atoms with E-state index in [1.54, 1.807) is 24.3 Å². The van der Waals surface area contributed by atoms with Crippen LogP contribution in [0.2, 0.25) is 0 Å². The van der Waals surface area contributed by atoms with Crippen LogP contribution in [0.3, 0.4) is 0 Å². The first-order valence-electron chi connectivity index (χ1n) is 6.32. The Morgan fingerprint density at radius 2 is 2.22 bits per heavy atom. The fourth-order valence-electron chi connectivity index (χ4n) is 2.30. The van der Waals surface area contributed by atoms with Gasteiger partial charge in [-0.3, -0.25) is 4.79 Å². The van der Waals surface area contributed by atoms with Crippen LogP contribution in [0.5, 0.6) is 0 Å². The van der Waals surface area contributed by atoms with Gasteiger partial charge in [-0.1, -0.05) is 30.3 Å². The van der Waals surface area contributed by atoms with Crippen LogP contribution >= 0.6 is 0 Å². The molecule has 1 saturated heterocycles. The fourth-order valence-corrected chi connectivity index (χ4v) is 2.30. The van der Waals surface area contributed by atoms with Crippen molar-refractivity contribution in [2.45, 2.75) is 12.6 Å². The van der Waals surface area contributed by atoms with Gasteiger partial charge in [0, 0.05) is 13.1 Å². The van der Waals surface area contributed by atoms with Crippen molar-refractivity contribution in [3.63, 3.8) is 0 Å². The van der Waals surface area contributed by atoms with Crippen molar-refractivity contribution in [1.29, 1.82) is 0 Å².